The Bertz CT molecular complexity index is 483. The quantitative estimate of drug-likeness (QED) is 0.504. The van der Waals surface area contributed by atoms with E-state index in [0.29, 0.717) is 32.0 Å². The molecular formula is C13H19N3O4. The minimum atomic E-state index is -0.398. The largest absolute Gasteiger partial charge is 0.396 e. The number of hydrogen-bond acceptors (Lipinski definition) is 6. The van der Waals surface area contributed by atoms with Gasteiger partial charge in [-0.05, 0) is 11.6 Å². The fourth-order valence-electron chi connectivity index (χ4n) is 2.16. The Kier molecular flexibility index (Phi) is 4.53. The molecule has 1 aliphatic rings. The second-order valence-corrected chi connectivity index (χ2v) is 5.11. The van der Waals surface area contributed by atoms with E-state index in [9.17, 15) is 15.2 Å². The zero-order chi connectivity index (χ0) is 14.6. The molecule has 0 radical (unpaired) electrons. The van der Waals surface area contributed by atoms with Gasteiger partial charge in [0, 0.05) is 26.2 Å². The molecule has 7 heteroatoms. The van der Waals surface area contributed by atoms with Crippen molar-refractivity contribution in [1.82, 2.24) is 5.32 Å². The molecule has 0 aliphatic carbocycles. The summed E-state index contributed by atoms with van der Waals surface area (Å²) in [5.74, 6) is 0. The third-order valence-electron chi connectivity index (χ3n) is 3.51. The van der Waals surface area contributed by atoms with Crippen molar-refractivity contribution in [3.8, 4) is 0 Å². The fraction of sp³-hybridized carbons (Fsp3) is 0.538. The lowest BCUT2D eigenvalue weighted by atomic mass is 9.87. The number of benzene rings is 1. The third kappa shape index (κ3) is 3.06. The Hall–Kier alpha value is -1.70. The molecule has 1 saturated heterocycles. The average Bonchev–Trinajstić information content (AvgIpc) is 2.41. The Labute approximate surface area is 117 Å². The van der Waals surface area contributed by atoms with Gasteiger partial charge in [0.2, 0.25) is 0 Å². The second-order valence-electron chi connectivity index (χ2n) is 5.11. The number of nitro benzene ring substituents is 1. The van der Waals surface area contributed by atoms with E-state index >= 15 is 0 Å². The van der Waals surface area contributed by atoms with Crippen LogP contribution in [-0.2, 0) is 11.3 Å². The summed E-state index contributed by atoms with van der Waals surface area (Å²) < 4.78 is 5.12. The van der Waals surface area contributed by atoms with Crippen molar-refractivity contribution in [3.63, 3.8) is 0 Å². The summed E-state index contributed by atoms with van der Waals surface area (Å²) >= 11 is 0. The van der Waals surface area contributed by atoms with Gasteiger partial charge in [0.05, 0.1) is 30.2 Å². The zero-order valence-corrected chi connectivity index (χ0v) is 11.4. The lowest BCUT2D eigenvalue weighted by Crippen LogP contribution is -2.52. The van der Waals surface area contributed by atoms with Crippen molar-refractivity contribution in [3.05, 3.63) is 33.9 Å². The van der Waals surface area contributed by atoms with Crippen LogP contribution in [0.15, 0.2) is 18.2 Å². The molecule has 0 amide bonds. The molecule has 0 spiro atoms. The van der Waals surface area contributed by atoms with Crippen LogP contribution in [0.5, 0.6) is 0 Å². The zero-order valence-electron chi connectivity index (χ0n) is 11.4. The number of nitro groups is 1. The molecule has 1 aromatic carbocycles. The highest BCUT2D eigenvalue weighted by Crippen LogP contribution is 2.27. The molecule has 20 heavy (non-hydrogen) atoms. The van der Waals surface area contributed by atoms with Crippen molar-refractivity contribution in [1.29, 1.82) is 0 Å². The first-order valence-electron chi connectivity index (χ1n) is 6.45. The summed E-state index contributed by atoms with van der Waals surface area (Å²) in [6.45, 7) is 2.33. The Morgan fingerprint density at radius 1 is 1.50 bits per heavy atom. The topological polar surface area (TPSA) is 96.7 Å². The van der Waals surface area contributed by atoms with Crippen LogP contribution in [0, 0.1) is 15.5 Å². The minimum Gasteiger partial charge on any atom is -0.396 e. The first-order chi connectivity index (χ1) is 9.60. The lowest BCUT2D eigenvalue weighted by molar-refractivity contribution is -0.384. The molecule has 1 aliphatic heterocycles. The molecule has 2 rings (SSSR count). The molecule has 3 N–H and O–H groups in total. The molecule has 110 valence electrons. The highest BCUT2D eigenvalue weighted by molar-refractivity contribution is 5.62. The predicted octanol–water partition coefficient (Wildman–Crippen LogP) is 0.735. The van der Waals surface area contributed by atoms with Crippen molar-refractivity contribution < 1.29 is 14.8 Å². The van der Waals surface area contributed by atoms with E-state index in [1.54, 1.807) is 19.2 Å². The minimum absolute atomic E-state index is 0.0654. The van der Waals surface area contributed by atoms with Gasteiger partial charge in [0.15, 0.2) is 0 Å². The first-order valence-corrected chi connectivity index (χ1v) is 6.45. The summed E-state index contributed by atoms with van der Waals surface area (Å²) in [5, 5.41) is 26.3. The van der Waals surface area contributed by atoms with Crippen LogP contribution < -0.4 is 10.6 Å². The standard InChI is InChI=1S/C13H19N3O4/c1-14-11-3-2-10(4-12(11)16(18)19)5-15-6-13(7-17)8-20-9-13/h2-4,14-15,17H,5-9H2,1H3. The van der Waals surface area contributed by atoms with E-state index in [1.807, 2.05) is 6.07 Å². The maximum atomic E-state index is 11.0. The summed E-state index contributed by atoms with van der Waals surface area (Å²) in [6, 6.07) is 5.10. The SMILES string of the molecule is CNc1ccc(CNCC2(CO)COC2)cc1[N+](=O)[O-]. The predicted molar refractivity (Wildman–Crippen MR) is 74.7 cm³/mol. The van der Waals surface area contributed by atoms with Crippen molar-refractivity contribution >= 4 is 11.4 Å². The van der Waals surface area contributed by atoms with E-state index < -0.39 is 4.92 Å². The van der Waals surface area contributed by atoms with Crippen LogP contribution >= 0.6 is 0 Å². The van der Waals surface area contributed by atoms with Crippen molar-refractivity contribution in [2.24, 2.45) is 5.41 Å². The van der Waals surface area contributed by atoms with E-state index in [-0.39, 0.29) is 17.7 Å². The molecule has 0 saturated carbocycles. The van der Waals surface area contributed by atoms with Crippen molar-refractivity contribution in [2.45, 2.75) is 6.54 Å². The van der Waals surface area contributed by atoms with Crippen LogP contribution in [0.4, 0.5) is 11.4 Å². The lowest BCUT2D eigenvalue weighted by Gasteiger charge is -2.40. The maximum absolute atomic E-state index is 11.0. The van der Waals surface area contributed by atoms with Gasteiger partial charge in [-0.15, -0.1) is 0 Å². The number of nitrogens with one attached hydrogen (secondary N) is 2. The van der Waals surface area contributed by atoms with Gasteiger partial charge in [-0.3, -0.25) is 10.1 Å². The van der Waals surface area contributed by atoms with Crippen LogP contribution in [-0.4, -0.2) is 43.4 Å². The van der Waals surface area contributed by atoms with Gasteiger partial charge in [-0.2, -0.15) is 0 Å². The molecule has 1 heterocycles. The Balaban J connectivity index is 1.96. The smallest absolute Gasteiger partial charge is 0.292 e. The monoisotopic (exact) mass is 281 g/mol. The number of hydrogen-bond donors (Lipinski definition) is 3. The van der Waals surface area contributed by atoms with Crippen molar-refractivity contribution in [2.75, 3.05) is 38.7 Å². The molecule has 1 aromatic rings. The molecule has 0 bridgehead atoms. The third-order valence-corrected chi connectivity index (χ3v) is 3.51. The van der Waals surface area contributed by atoms with E-state index in [1.165, 1.54) is 0 Å². The molecule has 0 unspecified atom stereocenters. The van der Waals surface area contributed by atoms with E-state index in [2.05, 4.69) is 10.6 Å². The summed E-state index contributed by atoms with van der Waals surface area (Å²) in [7, 11) is 1.65. The van der Waals surface area contributed by atoms with Crippen LogP contribution in [0.25, 0.3) is 0 Å². The molecular weight excluding hydrogens is 262 g/mol. The summed E-state index contributed by atoms with van der Waals surface area (Å²) in [6.07, 6.45) is 0. The average molecular weight is 281 g/mol. The van der Waals surface area contributed by atoms with Gasteiger partial charge < -0.3 is 20.5 Å². The Morgan fingerprint density at radius 3 is 2.75 bits per heavy atom. The maximum Gasteiger partial charge on any atom is 0.292 e. The normalized spacial score (nSPS) is 16.5. The van der Waals surface area contributed by atoms with Gasteiger partial charge in [0.25, 0.3) is 5.69 Å². The highest BCUT2D eigenvalue weighted by atomic mass is 16.6. The number of anilines is 1. The van der Waals surface area contributed by atoms with Crippen LogP contribution in [0.1, 0.15) is 5.56 Å². The first kappa shape index (κ1) is 14.7. The van der Waals surface area contributed by atoms with Crippen LogP contribution in [0.3, 0.4) is 0 Å². The molecule has 0 atom stereocenters. The van der Waals surface area contributed by atoms with Crippen LogP contribution in [0.2, 0.25) is 0 Å². The summed E-state index contributed by atoms with van der Waals surface area (Å²) in [5.41, 5.74) is 1.20. The molecule has 1 fully saturated rings. The molecule has 0 aromatic heterocycles. The van der Waals surface area contributed by atoms with E-state index in [0.717, 1.165) is 5.56 Å². The van der Waals surface area contributed by atoms with Gasteiger partial charge in [-0.1, -0.05) is 6.07 Å². The summed E-state index contributed by atoms with van der Waals surface area (Å²) in [4.78, 5) is 10.6. The number of aliphatic hydroxyl groups excluding tert-OH is 1. The van der Waals surface area contributed by atoms with Gasteiger partial charge >= 0.3 is 0 Å². The molecule has 7 nitrogen and oxygen atoms in total. The number of aliphatic hydroxyl groups is 1. The highest BCUT2D eigenvalue weighted by Gasteiger charge is 2.37. The number of nitrogens with zero attached hydrogens (tertiary/aromatic N) is 1. The fourth-order valence-corrected chi connectivity index (χ4v) is 2.16. The number of rotatable bonds is 7. The number of ether oxygens (including phenoxy) is 1. The van der Waals surface area contributed by atoms with E-state index in [4.69, 9.17) is 4.74 Å². The Morgan fingerprint density at radius 2 is 2.25 bits per heavy atom. The van der Waals surface area contributed by atoms with Gasteiger partial charge in [0.1, 0.15) is 5.69 Å². The van der Waals surface area contributed by atoms with Gasteiger partial charge in [-0.25, -0.2) is 0 Å². The second kappa shape index (κ2) is 6.17.